The number of methoxy groups -OCH3 is 1. The van der Waals surface area contributed by atoms with Crippen LogP contribution < -0.4 is 15.4 Å². The first-order valence-corrected chi connectivity index (χ1v) is 10.8. The van der Waals surface area contributed by atoms with Gasteiger partial charge in [0.05, 0.1) is 24.8 Å². The lowest BCUT2D eigenvalue weighted by Gasteiger charge is -2.21. The van der Waals surface area contributed by atoms with E-state index in [0.29, 0.717) is 23.0 Å². The number of benzene rings is 1. The molecular weight excluding hydrogens is 390 g/mol. The number of aryl methyl sites for hydroxylation is 1. The Morgan fingerprint density at radius 1 is 1.24 bits per heavy atom. The highest BCUT2D eigenvalue weighted by atomic mass is 32.1. The van der Waals surface area contributed by atoms with Gasteiger partial charge in [-0.05, 0) is 56.4 Å². The maximum atomic E-state index is 12.7. The standard InChI is InChI=1S/C21H25N3O4S/c1-27-14-9-7-13(8-10-14)19(25)24-21-23-18-16(5-2-6-17(18)29-21)20(26)22-12-15-4-3-11-28-15/h7-10,15-16H,2-6,11-12H2,1H3,(H,22,26)(H,23,24,25)/t15-,16-/m1/s1. The van der Waals surface area contributed by atoms with E-state index < -0.39 is 0 Å². The van der Waals surface area contributed by atoms with E-state index in [-0.39, 0.29) is 23.8 Å². The zero-order chi connectivity index (χ0) is 20.2. The second kappa shape index (κ2) is 8.92. The van der Waals surface area contributed by atoms with Gasteiger partial charge >= 0.3 is 0 Å². The second-order valence-electron chi connectivity index (χ2n) is 7.34. The summed E-state index contributed by atoms with van der Waals surface area (Å²) in [5.74, 6) is 0.212. The maximum Gasteiger partial charge on any atom is 0.257 e. The molecule has 2 N–H and O–H groups in total. The molecule has 1 aliphatic carbocycles. The molecule has 2 amide bonds. The first kappa shape index (κ1) is 19.8. The number of anilines is 1. The normalized spacial score (nSPS) is 20.7. The molecule has 8 heteroatoms. The van der Waals surface area contributed by atoms with Gasteiger partial charge in [-0.3, -0.25) is 14.9 Å². The third kappa shape index (κ3) is 4.59. The van der Waals surface area contributed by atoms with Crippen LogP contribution in [0.3, 0.4) is 0 Å². The van der Waals surface area contributed by atoms with Gasteiger partial charge in [-0.25, -0.2) is 4.98 Å². The highest BCUT2D eigenvalue weighted by molar-refractivity contribution is 7.15. The Morgan fingerprint density at radius 2 is 2.07 bits per heavy atom. The van der Waals surface area contributed by atoms with Crippen LogP contribution in [0.1, 0.15) is 52.5 Å². The number of nitrogens with zero attached hydrogens (tertiary/aromatic N) is 1. The maximum absolute atomic E-state index is 12.7. The molecule has 29 heavy (non-hydrogen) atoms. The van der Waals surface area contributed by atoms with Gasteiger partial charge in [-0.1, -0.05) is 0 Å². The monoisotopic (exact) mass is 415 g/mol. The minimum Gasteiger partial charge on any atom is -0.497 e. The highest BCUT2D eigenvalue weighted by Gasteiger charge is 2.31. The molecule has 1 saturated heterocycles. The zero-order valence-corrected chi connectivity index (χ0v) is 17.2. The van der Waals surface area contributed by atoms with Crippen LogP contribution in [0.15, 0.2) is 24.3 Å². The number of amides is 2. The summed E-state index contributed by atoms with van der Waals surface area (Å²) in [6.07, 6.45) is 4.78. The van der Waals surface area contributed by atoms with Crippen molar-refractivity contribution in [1.82, 2.24) is 10.3 Å². The van der Waals surface area contributed by atoms with Crippen LogP contribution >= 0.6 is 11.3 Å². The van der Waals surface area contributed by atoms with E-state index >= 15 is 0 Å². The van der Waals surface area contributed by atoms with Crippen molar-refractivity contribution in [2.24, 2.45) is 0 Å². The van der Waals surface area contributed by atoms with Gasteiger partial charge in [0, 0.05) is 23.6 Å². The van der Waals surface area contributed by atoms with Crippen molar-refractivity contribution >= 4 is 28.3 Å². The van der Waals surface area contributed by atoms with Crippen molar-refractivity contribution in [3.05, 3.63) is 40.4 Å². The molecule has 2 atom stereocenters. The van der Waals surface area contributed by atoms with Crippen molar-refractivity contribution in [2.45, 2.75) is 44.1 Å². The lowest BCUT2D eigenvalue weighted by molar-refractivity contribution is -0.123. The summed E-state index contributed by atoms with van der Waals surface area (Å²) in [5, 5.41) is 6.43. The minimum atomic E-state index is -0.261. The van der Waals surface area contributed by atoms with Crippen molar-refractivity contribution in [1.29, 1.82) is 0 Å². The Balaban J connectivity index is 1.41. The molecule has 2 aromatic rings. The van der Waals surface area contributed by atoms with Crippen LogP contribution in [-0.4, -0.2) is 43.2 Å². The van der Waals surface area contributed by atoms with E-state index in [9.17, 15) is 9.59 Å². The van der Waals surface area contributed by atoms with Crippen LogP contribution in [0.2, 0.25) is 0 Å². The highest BCUT2D eigenvalue weighted by Crippen LogP contribution is 2.37. The van der Waals surface area contributed by atoms with E-state index in [1.54, 1.807) is 31.4 Å². The van der Waals surface area contributed by atoms with E-state index in [0.717, 1.165) is 49.3 Å². The zero-order valence-electron chi connectivity index (χ0n) is 16.4. The average molecular weight is 416 g/mol. The average Bonchev–Trinajstić information content (AvgIpc) is 3.41. The van der Waals surface area contributed by atoms with Crippen molar-refractivity contribution < 1.29 is 19.1 Å². The van der Waals surface area contributed by atoms with E-state index in [4.69, 9.17) is 9.47 Å². The molecule has 4 rings (SSSR count). The molecule has 2 heterocycles. The number of carbonyl (C=O) groups excluding carboxylic acids is 2. The molecule has 7 nitrogen and oxygen atoms in total. The van der Waals surface area contributed by atoms with E-state index in [1.165, 1.54) is 11.3 Å². The van der Waals surface area contributed by atoms with Gasteiger partial charge in [0.2, 0.25) is 5.91 Å². The summed E-state index contributed by atoms with van der Waals surface area (Å²) in [6, 6.07) is 6.92. The molecule has 1 aromatic carbocycles. The summed E-state index contributed by atoms with van der Waals surface area (Å²) in [5.41, 5.74) is 1.33. The first-order chi connectivity index (χ1) is 14.1. The predicted octanol–water partition coefficient (Wildman–Crippen LogP) is 3.12. The largest absolute Gasteiger partial charge is 0.497 e. The molecule has 0 spiro atoms. The Hall–Kier alpha value is -2.45. The lowest BCUT2D eigenvalue weighted by Crippen LogP contribution is -2.36. The Morgan fingerprint density at radius 3 is 2.79 bits per heavy atom. The number of ether oxygens (including phenoxy) is 2. The first-order valence-electron chi connectivity index (χ1n) is 9.98. The molecule has 1 aliphatic heterocycles. The fourth-order valence-electron chi connectivity index (χ4n) is 3.78. The third-order valence-corrected chi connectivity index (χ3v) is 6.42. The van der Waals surface area contributed by atoms with Crippen molar-refractivity contribution in [2.75, 3.05) is 25.6 Å². The van der Waals surface area contributed by atoms with Gasteiger partial charge in [0.15, 0.2) is 5.13 Å². The van der Waals surface area contributed by atoms with Crippen LogP contribution in [0.4, 0.5) is 5.13 Å². The quantitative estimate of drug-likeness (QED) is 0.757. The number of aromatic nitrogens is 1. The molecule has 1 aromatic heterocycles. The number of nitrogens with one attached hydrogen (secondary N) is 2. The lowest BCUT2D eigenvalue weighted by atomic mass is 9.90. The Bertz CT molecular complexity index is 875. The number of hydrogen-bond acceptors (Lipinski definition) is 6. The van der Waals surface area contributed by atoms with Gasteiger partial charge < -0.3 is 14.8 Å². The number of hydrogen-bond donors (Lipinski definition) is 2. The molecule has 0 saturated carbocycles. The summed E-state index contributed by atoms with van der Waals surface area (Å²) < 4.78 is 10.7. The van der Waals surface area contributed by atoms with Gasteiger partial charge in [0.25, 0.3) is 5.91 Å². The third-order valence-electron chi connectivity index (χ3n) is 5.37. The number of thiazole rings is 1. The Kier molecular flexibility index (Phi) is 6.10. The molecular formula is C21H25N3O4S. The van der Waals surface area contributed by atoms with Crippen LogP contribution in [-0.2, 0) is 16.0 Å². The van der Waals surface area contributed by atoms with Crippen LogP contribution in [0.25, 0.3) is 0 Å². The molecule has 154 valence electrons. The smallest absolute Gasteiger partial charge is 0.257 e. The van der Waals surface area contributed by atoms with E-state index in [1.807, 2.05) is 0 Å². The van der Waals surface area contributed by atoms with Gasteiger partial charge in [-0.15, -0.1) is 11.3 Å². The van der Waals surface area contributed by atoms with Crippen LogP contribution in [0, 0.1) is 0 Å². The molecule has 0 unspecified atom stereocenters. The summed E-state index contributed by atoms with van der Waals surface area (Å²) in [6.45, 7) is 1.33. The summed E-state index contributed by atoms with van der Waals surface area (Å²) >= 11 is 1.46. The molecule has 0 radical (unpaired) electrons. The summed E-state index contributed by atoms with van der Waals surface area (Å²) in [4.78, 5) is 30.9. The van der Waals surface area contributed by atoms with Crippen molar-refractivity contribution in [3.8, 4) is 5.75 Å². The molecule has 0 bridgehead atoms. The van der Waals surface area contributed by atoms with Crippen LogP contribution in [0.5, 0.6) is 5.75 Å². The minimum absolute atomic E-state index is 0.000203. The number of rotatable bonds is 6. The SMILES string of the molecule is COc1ccc(C(=O)Nc2nc3c(s2)CCC[C@H]3C(=O)NC[C@H]2CCCO2)cc1. The predicted molar refractivity (Wildman–Crippen MR) is 111 cm³/mol. The summed E-state index contributed by atoms with van der Waals surface area (Å²) in [7, 11) is 1.59. The topological polar surface area (TPSA) is 89.5 Å². The number of carbonyl (C=O) groups is 2. The Labute approximate surface area is 173 Å². The fraction of sp³-hybridized carbons (Fsp3) is 0.476. The molecule has 2 aliphatic rings. The fourth-order valence-corrected chi connectivity index (χ4v) is 4.84. The van der Waals surface area contributed by atoms with Gasteiger partial charge in [-0.2, -0.15) is 0 Å². The second-order valence-corrected chi connectivity index (χ2v) is 8.42. The molecule has 1 fully saturated rings. The van der Waals surface area contributed by atoms with Crippen molar-refractivity contribution in [3.63, 3.8) is 0 Å². The van der Waals surface area contributed by atoms with E-state index in [2.05, 4.69) is 15.6 Å². The van der Waals surface area contributed by atoms with Gasteiger partial charge in [0.1, 0.15) is 5.75 Å². The number of fused-ring (bicyclic) bond motifs is 1.